The standard InChI is InChI=1S/C13H17FN2/c1-16-12-8-11(14)3-2-10(12)9-13(16)4-6-15-7-5-13/h2-3,8,15H,4-7,9H2,1H3. The number of benzene rings is 1. The number of nitrogens with zero attached hydrogens (tertiary/aromatic N) is 1. The van der Waals surface area contributed by atoms with Gasteiger partial charge in [0.25, 0.3) is 0 Å². The number of fused-ring (bicyclic) bond motifs is 1. The van der Waals surface area contributed by atoms with Gasteiger partial charge < -0.3 is 10.2 Å². The summed E-state index contributed by atoms with van der Waals surface area (Å²) in [6, 6.07) is 5.19. The van der Waals surface area contributed by atoms with Crippen molar-refractivity contribution in [3.63, 3.8) is 0 Å². The molecule has 0 amide bonds. The molecule has 1 spiro atoms. The van der Waals surface area contributed by atoms with Crippen molar-refractivity contribution in [3.05, 3.63) is 29.6 Å². The van der Waals surface area contributed by atoms with Gasteiger partial charge in [0.2, 0.25) is 0 Å². The molecular formula is C13H17FN2. The van der Waals surface area contributed by atoms with Crippen molar-refractivity contribution in [2.24, 2.45) is 0 Å². The minimum Gasteiger partial charge on any atom is -0.368 e. The molecule has 16 heavy (non-hydrogen) atoms. The largest absolute Gasteiger partial charge is 0.368 e. The molecule has 1 saturated heterocycles. The fourth-order valence-corrected chi connectivity index (χ4v) is 3.13. The van der Waals surface area contributed by atoms with Gasteiger partial charge in [-0.15, -0.1) is 0 Å². The fraction of sp³-hybridized carbons (Fsp3) is 0.538. The lowest BCUT2D eigenvalue weighted by Gasteiger charge is -2.41. The highest BCUT2D eigenvalue weighted by molar-refractivity contribution is 5.61. The Labute approximate surface area is 95.4 Å². The summed E-state index contributed by atoms with van der Waals surface area (Å²) >= 11 is 0. The van der Waals surface area contributed by atoms with E-state index in [1.54, 1.807) is 12.1 Å². The van der Waals surface area contributed by atoms with Crippen LogP contribution >= 0.6 is 0 Å². The van der Waals surface area contributed by atoms with Crippen molar-refractivity contribution in [2.45, 2.75) is 24.8 Å². The van der Waals surface area contributed by atoms with Crippen molar-refractivity contribution < 1.29 is 4.39 Å². The average Bonchev–Trinajstić information content (AvgIpc) is 2.55. The fourth-order valence-electron chi connectivity index (χ4n) is 3.13. The summed E-state index contributed by atoms with van der Waals surface area (Å²) in [4.78, 5) is 2.30. The molecule has 1 N–H and O–H groups in total. The molecule has 0 aromatic heterocycles. The Morgan fingerprint density at radius 1 is 1.31 bits per heavy atom. The minimum atomic E-state index is -0.128. The average molecular weight is 220 g/mol. The predicted molar refractivity (Wildman–Crippen MR) is 63.3 cm³/mol. The summed E-state index contributed by atoms with van der Waals surface area (Å²) in [5.74, 6) is -0.128. The van der Waals surface area contributed by atoms with Crippen LogP contribution in [0.1, 0.15) is 18.4 Å². The van der Waals surface area contributed by atoms with Crippen LogP contribution in [0.15, 0.2) is 18.2 Å². The smallest absolute Gasteiger partial charge is 0.125 e. The zero-order valence-corrected chi connectivity index (χ0v) is 9.59. The molecule has 2 aliphatic heterocycles. The predicted octanol–water partition coefficient (Wildman–Crippen LogP) is 1.94. The number of rotatable bonds is 0. The summed E-state index contributed by atoms with van der Waals surface area (Å²) in [5, 5.41) is 3.39. The Bertz CT molecular complexity index is 410. The second kappa shape index (κ2) is 3.45. The molecule has 1 aromatic rings. The van der Waals surface area contributed by atoms with Crippen LogP contribution in [0.2, 0.25) is 0 Å². The zero-order chi connectivity index (χ0) is 11.2. The molecule has 0 unspecified atom stereocenters. The highest BCUT2D eigenvalue weighted by Gasteiger charge is 2.42. The van der Waals surface area contributed by atoms with Crippen molar-refractivity contribution in [2.75, 3.05) is 25.0 Å². The molecular weight excluding hydrogens is 203 g/mol. The van der Waals surface area contributed by atoms with Gasteiger partial charge in [-0.25, -0.2) is 4.39 Å². The molecule has 3 heteroatoms. The van der Waals surface area contributed by atoms with E-state index in [-0.39, 0.29) is 11.4 Å². The lowest BCUT2D eigenvalue weighted by molar-refractivity contribution is 0.310. The number of hydrogen-bond acceptors (Lipinski definition) is 2. The van der Waals surface area contributed by atoms with Gasteiger partial charge in [0.1, 0.15) is 5.82 Å². The Balaban J connectivity index is 1.99. The molecule has 0 bridgehead atoms. The van der Waals surface area contributed by atoms with Crippen molar-refractivity contribution in [1.29, 1.82) is 0 Å². The third-order valence-electron chi connectivity index (χ3n) is 4.17. The normalized spacial score (nSPS) is 22.5. The van der Waals surface area contributed by atoms with E-state index in [2.05, 4.69) is 17.3 Å². The number of nitrogens with one attached hydrogen (secondary N) is 1. The first-order valence-corrected chi connectivity index (χ1v) is 5.94. The van der Waals surface area contributed by atoms with E-state index >= 15 is 0 Å². The van der Waals surface area contributed by atoms with E-state index in [0.29, 0.717) is 0 Å². The second-order valence-corrected chi connectivity index (χ2v) is 4.98. The van der Waals surface area contributed by atoms with Gasteiger partial charge in [-0.05, 0) is 50.0 Å². The molecule has 1 fully saturated rings. The van der Waals surface area contributed by atoms with E-state index in [1.807, 2.05) is 6.07 Å². The van der Waals surface area contributed by atoms with E-state index < -0.39 is 0 Å². The maximum atomic E-state index is 13.3. The Morgan fingerprint density at radius 3 is 2.81 bits per heavy atom. The number of anilines is 1. The van der Waals surface area contributed by atoms with E-state index in [9.17, 15) is 4.39 Å². The molecule has 1 aromatic carbocycles. The number of likely N-dealkylation sites (N-methyl/N-ethyl adjacent to an activating group) is 1. The summed E-state index contributed by atoms with van der Waals surface area (Å²) < 4.78 is 13.3. The minimum absolute atomic E-state index is 0.128. The Morgan fingerprint density at radius 2 is 2.06 bits per heavy atom. The molecule has 86 valence electrons. The van der Waals surface area contributed by atoms with Gasteiger partial charge >= 0.3 is 0 Å². The molecule has 2 heterocycles. The van der Waals surface area contributed by atoms with Crippen LogP contribution in [-0.2, 0) is 6.42 Å². The van der Waals surface area contributed by atoms with Crippen LogP contribution in [0.5, 0.6) is 0 Å². The van der Waals surface area contributed by atoms with Crippen molar-refractivity contribution in [1.82, 2.24) is 5.32 Å². The third kappa shape index (κ3) is 1.34. The van der Waals surface area contributed by atoms with Crippen LogP contribution in [0.3, 0.4) is 0 Å². The summed E-state index contributed by atoms with van der Waals surface area (Å²) in [6.45, 7) is 2.14. The molecule has 3 rings (SSSR count). The summed E-state index contributed by atoms with van der Waals surface area (Å²) in [7, 11) is 2.11. The van der Waals surface area contributed by atoms with Gasteiger partial charge in [0.05, 0.1) is 0 Å². The number of piperidine rings is 1. The summed E-state index contributed by atoms with van der Waals surface area (Å²) in [5.41, 5.74) is 2.62. The number of hydrogen-bond donors (Lipinski definition) is 1. The van der Waals surface area contributed by atoms with Crippen LogP contribution in [-0.4, -0.2) is 25.7 Å². The van der Waals surface area contributed by atoms with Crippen LogP contribution in [0.25, 0.3) is 0 Å². The topological polar surface area (TPSA) is 15.3 Å². The van der Waals surface area contributed by atoms with Crippen LogP contribution in [0, 0.1) is 5.82 Å². The van der Waals surface area contributed by atoms with Crippen LogP contribution in [0.4, 0.5) is 10.1 Å². The first-order valence-electron chi connectivity index (χ1n) is 5.94. The zero-order valence-electron chi connectivity index (χ0n) is 9.59. The van der Waals surface area contributed by atoms with E-state index in [1.165, 1.54) is 5.56 Å². The number of halogens is 1. The monoisotopic (exact) mass is 220 g/mol. The Kier molecular flexibility index (Phi) is 2.18. The summed E-state index contributed by atoms with van der Waals surface area (Å²) in [6.07, 6.45) is 3.38. The maximum Gasteiger partial charge on any atom is 0.125 e. The lowest BCUT2D eigenvalue weighted by atomic mass is 9.85. The first-order chi connectivity index (χ1) is 7.71. The van der Waals surface area contributed by atoms with Crippen LogP contribution < -0.4 is 10.2 Å². The highest BCUT2D eigenvalue weighted by Crippen LogP contribution is 2.42. The molecule has 2 aliphatic rings. The molecule has 0 atom stereocenters. The molecule has 0 saturated carbocycles. The molecule has 0 radical (unpaired) electrons. The quantitative estimate of drug-likeness (QED) is 0.719. The second-order valence-electron chi connectivity index (χ2n) is 4.98. The SMILES string of the molecule is CN1c2cc(F)ccc2CC12CCNCC2. The van der Waals surface area contributed by atoms with Gasteiger partial charge in [-0.2, -0.15) is 0 Å². The van der Waals surface area contributed by atoms with E-state index in [0.717, 1.165) is 38.0 Å². The maximum absolute atomic E-state index is 13.3. The van der Waals surface area contributed by atoms with Crippen molar-refractivity contribution >= 4 is 5.69 Å². The van der Waals surface area contributed by atoms with Gasteiger partial charge in [-0.3, -0.25) is 0 Å². The highest BCUT2D eigenvalue weighted by atomic mass is 19.1. The van der Waals surface area contributed by atoms with Crippen molar-refractivity contribution in [3.8, 4) is 0 Å². The van der Waals surface area contributed by atoms with E-state index in [4.69, 9.17) is 0 Å². The van der Waals surface area contributed by atoms with Gasteiger partial charge in [0, 0.05) is 18.3 Å². The van der Waals surface area contributed by atoms with Gasteiger partial charge in [0.15, 0.2) is 0 Å². The van der Waals surface area contributed by atoms with Gasteiger partial charge in [-0.1, -0.05) is 6.07 Å². The third-order valence-corrected chi connectivity index (χ3v) is 4.17. The molecule has 2 nitrogen and oxygen atoms in total. The lowest BCUT2D eigenvalue weighted by Crippen LogP contribution is -2.51. The first kappa shape index (κ1) is 10.1. The Hall–Kier alpha value is -1.09. The molecule has 0 aliphatic carbocycles.